The fourth-order valence-electron chi connectivity index (χ4n) is 1.90. The van der Waals surface area contributed by atoms with Gasteiger partial charge in [-0.05, 0) is 48.4 Å². The normalized spacial score (nSPS) is 13.4. The van der Waals surface area contributed by atoms with Gasteiger partial charge in [-0.15, -0.1) is 0 Å². The van der Waals surface area contributed by atoms with Crippen LogP contribution < -0.4 is 11.1 Å². The molecule has 0 aliphatic heterocycles. The second-order valence-corrected chi connectivity index (χ2v) is 6.34. The SMILES string of the molecule is Cc1cc(C(C)(C)C)ccc1NCCC(C)CN. The summed E-state index contributed by atoms with van der Waals surface area (Å²) < 4.78 is 0. The Balaban J connectivity index is 2.63. The summed E-state index contributed by atoms with van der Waals surface area (Å²) in [5.74, 6) is 0.589. The number of rotatable bonds is 5. The third-order valence-corrected chi connectivity index (χ3v) is 3.45. The van der Waals surface area contributed by atoms with E-state index in [9.17, 15) is 0 Å². The molecule has 0 radical (unpaired) electrons. The van der Waals surface area contributed by atoms with Crippen molar-refractivity contribution in [1.29, 1.82) is 0 Å². The summed E-state index contributed by atoms with van der Waals surface area (Å²) in [5.41, 5.74) is 9.80. The molecule has 0 heterocycles. The molecular weight excluding hydrogens is 220 g/mol. The van der Waals surface area contributed by atoms with Crippen LogP contribution in [0.3, 0.4) is 0 Å². The minimum atomic E-state index is 0.220. The summed E-state index contributed by atoms with van der Waals surface area (Å²) in [5, 5.41) is 3.50. The Morgan fingerprint density at radius 2 is 1.94 bits per heavy atom. The highest BCUT2D eigenvalue weighted by Crippen LogP contribution is 2.26. The van der Waals surface area contributed by atoms with Gasteiger partial charge >= 0.3 is 0 Å². The van der Waals surface area contributed by atoms with E-state index >= 15 is 0 Å². The van der Waals surface area contributed by atoms with Gasteiger partial charge < -0.3 is 11.1 Å². The standard InChI is InChI=1S/C16H28N2/c1-12(11-17)8-9-18-15-7-6-14(10-13(15)2)16(3,4)5/h6-7,10,12,18H,8-9,11,17H2,1-5H3. The van der Waals surface area contributed by atoms with Gasteiger partial charge in [-0.2, -0.15) is 0 Å². The molecule has 0 fully saturated rings. The van der Waals surface area contributed by atoms with Crippen molar-refractivity contribution >= 4 is 5.69 Å². The lowest BCUT2D eigenvalue weighted by molar-refractivity contribution is 0.561. The molecule has 1 atom stereocenters. The maximum absolute atomic E-state index is 5.62. The second kappa shape index (κ2) is 6.24. The lowest BCUT2D eigenvalue weighted by Gasteiger charge is -2.21. The molecule has 0 aliphatic carbocycles. The highest BCUT2D eigenvalue weighted by molar-refractivity contribution is 5.52. The Morgan fingerprint density at radius 3 is 2.44 bits per heavy atom. The van der Waals surface area contributed by atoms with Crippen LogP contribution in [0.15, 0.2) is 18.2 Å². The number of nitrogens with one attached hydrogen (secondary N) is 1. The zero-order chi connectivity index (χ0) is 13.8. The molecule has 2 nitrogen and oxygen atoms in total. The molecule has 0 saturated heterocycles. The van der Waals surface area contributed by atoms with E-state index in [0.29, 0.717) is 5.92 Å². The van der Waals surface area contributed by atoms with Gasteiger partial charge in [0.2, 0.25) is 0 Å². The van der Waals surface area contributed by atoms with Gasteiger partial charge in [0.25, 0.3) is 0 Å². The Hall–Kier alpha value is -1.02. The topological polar surface area (TPSA) is 38.0 Å². The molecule has 18 heavy (non-hydrogen) atoms. The third kappa shape index (κ3) is 4.34. The fraction of sp³-hybridized carbons (Fsp3) is 0.625. The molecule has 2 heteroatoms. The van der Waals surface area contributed by atoms with E-state index in [2.05, 4.69) is 58.1 Å². The van der Waals surface area contributed by atoms with Crippen molar-refractivity contribution in [2.24, 2.45) is 11.7 Å². The summed E-state index contributed by atoms with van der Waals surface area (Å²) in [6.07, 6.45) is 1.12. The van der Waals surface area contributed by atoms with Crippen molar-refractivity contribution in [2.75, 3.05) is 18.4 Å². The largest absolute Gasteiger partial charge is 0.385 e. The predicted molar refractivity (Wildman–Crippen MR) is 81.2 cm³/mol. The maximum atomic E-state index is 5.62. The zero-order valence-electron chi connectivity index (χ0n) is 12.5. The fourth-order valence-corrected chi connectivity index (χ4v) is 1.90. The highest BCUT2D eigenvalue weighted by Gasteiger charge is 2.14. The molecule has 1 unspecified atom stereocenters. The van der Waals surface area contributed by atoms with Crippen molar-refractivity contribution in [3.8, 4) is 0 Å². The Morgan fingerprint density at radius 1 is 1.28 bits per heavy atom. The van der Waals surface area contributed by atoms with E-state index in [1.165, 1.54) is 16.8 Å². The first-order valence-corrected chi connectivity index (χ1v) is 6.89. The van der Waals surface area contributed by atoms with Crippen molar-refractivity contribution < 1.29 is 0 Å². The number of aryl methyl sites for hydroxylation is 1. The lowest BCUT2D eigenvalue weighted by Crippen LogP contribution is -2.15. The molecule has 0 aromatic heterocycles. The van der Waals surface area contributed by atoms with Gasteiger partial charge in [0, 0.05) is 12.2 Å². The summed E-state index contributed by atoms with van der Waals surface area (Å²) in [6.45, 7) is 12.9. The average molecular weight is 248 g/mol. The maximum Gasteiger partial charge on any atom is 0.0370 e. The van der Waals surface area contributed by atoms with Crippen LogP contribution in [-0.4, -0.2) is 13.1 Å². The van der Waals surface area contributed by atoms with Gasteiger partial charge in [-0.25, -0.2) is 0 Å². The predicted octanol–water partition coefficient (Wildman–Crippen LogP) is 3.69. The quantitative estimate of drug-likeness (QED) is 0.834. The molecule has 0 spiro atoms. The van der Waals surface area contributed by atoms with Crippen molar-refractivity contribution in [2.45, 2.75) is 46.5 Å². The van der Waals surface area contributed by atoms with Crippen molar-refractivity contribution in [3.05, 3.63) is 29.3 Å². The first-order chi connectivity index (χ1) is 8.34. The molecule has 0 aliphatic rings. The van der Waals surface area contributed by atoms with E-state index in [0.717, 1.165) is 19.5 Å². The third-order valence-electron chi connectivity index (χ3n) is 3.45. The molecule has 1 rings (SSSR count). The van der Waals surface area contributed by atoms with Gasteiger partial charge in [-0.1, -0.05) is 39.8 Å². The van der Waals surface area contributed by atoms with Gasteiger partial charge in [0.15, 0.2) is 0 Å². The minimum absolute atomic E-state index is 0.220. The molecule has 1 aromatic carbocycles. The van der Waals surface area contributed by atoms with Crippen LogP contribution in [0.2, 0.25) is 0 Å². The molecule has 102 valence electrons. The summed E-state index contributed by atoms with van der Waals surface area (Å²) in [6, 6.07) is 6.71. The van der Waals surface area contributed by atoms with E-state index in [4.69, 9.17) is 5.73 Å². The van der Waals surface area contributed by atoms with Crippen LogP contribution in [0.4, 0.5) is 5.69 Å². The molecule has 0 saturated carbocycles. The van der Waals surface area contributed by atoms with Gasteiger partial charge in [-0.3, -0.25) is 0 Å². The summed E-state index contributed by atoms with van der Waals surface area (Å²) in [7, 11) is 0. The van der Waals surface area contributed by atoms with Crippen LogP contribution >= 0.6 is 0 Å². The first kappa shape index (κ1) is 15.0. The monoisotopic (exact) mass is 248 g/mol. The van der Waals surface area contributed by atoms with Gasteiger partial charge in [0.1, 0.15) is 0 Å². The number of hydrogen-bond acceptors (Lipinski definition) is 2. The average Bonchev–Trinajstić information content (AvgIpc) is 2.29. The van der Waals surface area contributed by atoms with E-state index in [-0.39, 0.29) is 5.41 Å². The number of nitrogens with two attached hydrogens (primary N) is 1. The van der Waals surface area contributed by atoms with E-state index in [1.807, 2.05) is 0 Å². The number of hydrogen-bond donors (Lipinski definition) is 2. The molecule has 1 aromatic rings. The Kier molecular flexibility index (Phi) is 5.21. The first-order valence-electron chi connectivity index (χ1n) is 6.89. The van der Waals surface area contributed by atoms with Crippen LogP contribution in [0.1, 0.15) is 45.2 Å². The number of benzene rings is 1. The molecule has 3 N–H and O–H groups in total. The molecular formula is C16H28N2. The second-order valence-electron chi connectivity index (χ2n) is 6.34. The van der Waals surface area contributed by atoms with Crippen LogP contribution in [0.25, 0.3) is 0 Å². The summed E-state index contributed by atoms with van der Waals surface area (Å²) >= 11 is 0. The molecule has 0 amide bonds. The minimum Gasteiger partial charge on any atom is -0.385 e. The summed E-state index contributed by atoms with van der Waals surface area (Å²) in [4.78, 5) is 0. The van der Waals surface area contributed by atoms with E-state index in [1.54, 1.807) is 0 Å². The number of anilines is 1. The van der Waals surface area contributed by atoms with Crippen LogP contribution in [0.5, 0.6) is 0 Å². The van der Waals surface area contributed by atoms with Crippen LogP contribution in [0, 0.1) is 12.8 Å². The van der Waals surface area contributed by atoms with Gasteiger partial charge in [0.05, 0.1) is 0 Å². The van der Waals surface area contributed by atoms with Crippen molar-refractivity contribution in [3.63, 3.8) is 0 Å². The van der Waals surface area contributed by atoms with Crippen LogP contribution in [-0.2, 0) is 5.41 Å². The lowest BCUT2D eigenvalue weighted by atomic mass is 9.86. The highest BCUT2D eigenvalue weighted by atomic mass is 14.9. The zero-order valence-corrected chi connectivity index (χ0v) is 12.5. The smallest absolute Gasteiger partial charge is 0.0370 e. The Labute approximate surface area is 112 Å². The Bertz CT molecular complexity index is 377. The van der Waals surface area contributed by atoms with E-state index < -0.39 is 0 Å². The molecule has 0 bridgehead atoms. The van der Waals surface area contributed by atoms with Crippen molar-refractivity contribution in [1.82, 2.24) is 0 Å².